The first kappa shape index (κ1) is 14.4. The van der Waals surface area contributed by atoms with E-state index in [1.165, 1.54) is 0 Å². The summed E-state index contributed by atoms with van der Waals surface area (Å²) in [5.74, 6) is -0.257. The molecule has 1 unspecified atom stereocenters. The number of nitriles is 1. The number of carbonyl (C=O) groups is 1. The number of aryl methyl sites for hydroxylation is 1. The summed E-state index contributed by atoms with van der Waals surface area (Å²) in [6.07, 6.45) is 7.66. The Bertz CT molecular complexity index is 964. The standard InChI is InChI=1S/C16H15N7O/c1-2-21-9-12(8-19-21)13-10-23-14(3-5-18-23)15(20-13)22-6-4-11(7-17)16(22)24/h3,5,8-11H,2,4,6H2,1H3. The fourth-order valence-electron chi connectivity index (χ4n) is 2.93. The van der Waals surface area contributed by atoms with Crippen molar-refractivity contribution in [3.63, 3.8) is 0 Å². The average Bonchev–Trinajstić information content (AvgIpc) is 3.32. The first-order valence-corrected chi connectivity index (χ1v) is 7.79. The van der Waals surface area contributed by atoms with E-state index in [2.05, 4.69) is 21.3 Å². The second-order valence-electron chi connectivity index (χ2n) is 5.66. The van der Waals surface area contributed by atoms with Gasteiger partial charge in [0.1, 0.15) is 11.4 Å². The quantitative estimate of drug-likeness (QED) is 0.728. The molecule has 0 aliphatic carbocycles. The predicted octanol–water partition coefficient (Wildman–Crippen LogP) is 1.49. The summed E-state index contributed by atoms with van der Waals surface area (Å²) >= 11 is 0. The number of hydrogen-bond donors (Lipinski definition) is 0. The smallest absolute Gasteiger partial charge is 0.245 e. The van der Waals surface area contributed by atoms with E-state index in [1.54, 1.807) is 21.8 Å². The van der Waals surface area contributed by atoms with Gasteiger partial charge in [-0.05, 0) is 19.4 Å². The molecule has 1 atom stereocenters. The SMILES string of the molecule is CCn1cc(-c2cn3nccc3c(N3CCC(C#N)C3=O)n2)cn1. The molecule has 1 fully saturated rings. The van der Waals surface area contributed by atoms with Gasteiger partial charge in [0.05, 0.1) is 30.4 Å². The maximum atomic E-state index is 12.4. The Morgan fingerprint density at radius 3 is 2.96 bits per heavy atom. The number of hydrogen-bond acceptors (Lipinski definition) is 5. The molecule has 0 N–H and O–H groups in total. The lowest BCUT2D eigenvalue weighted by Crippen LogP contribution is -2.28. The van der Waals surface area contributed by atoms with E-state index >= 15 is 0 Å². The molecule has 0 spiro atoms. The molecule has 3 aromatic heterocycles. The van der Waals surface area contributed by atoms with E-state index in [0.717, 1.165) is 17.6 Å². The summed E-state index contributed by atoms with van der Waals surface area (Å²) in [6.45, 7) is 3.27. The van der Waals surface area contributed by atoms with Crippen molar-refractivity contribution >= 4 is 17.2 Å². The number of anilines is 1. The molecule has 0 bridgehead atoms. The minimum Gasteiger partial charge on any atom is -0.294 e. The Kier molecular flexibility index (Phi) is 3.27. The topological polar surface area (TPSA) is 92.1 Å². The lowest BCUT2D eigenvalue weighted by Gasteiger charge is -2.16. The van der Waals surface area contributed by atoms with Crippen LogP contribution in [0.2, 0.25) is 0 Å². The monoisotopic (exact) mass is 321 g/mol. The molecule has 4 rings (SSSR count). The maximum Gasteiger partial charge on any atom is 0.245 e. The summed E-state index contributed by atoms with van der Waals surface area (Å²) < 4.78 is 3.52. The van der Waals surface area contributed by atoms with Crippen LogP contribution in [-0.2, 0) is 11.3 Å². The van der Waals surface area contributed by atoms with Gasteiger partial charge in [-0.1, -0.05) is 0 Å². The number of fused-ring (bicyclic) bond motifs is 1. The highest BCUT2D eigenvalue weighted by Crippen LogP contribution is 2.29. The summed E-state index contributed by atoms with van der Waals surface area (Å²) in [5, 5.41) is 17.6. The van der Waals surface area contributed by atoms with Gasteiger partial charge in [-0.2, -0.15) is 15.5 Å². The first-order chi connectivity index (χ1) is 11.7. The van der Waals surface area contributed by atoms with E-state index in [9.17, 15) is 4.79 Å². The van der Waals surface area contributed by atoms with Gasteiger partial charge in [-0.25, -0.2) is 9.50 Å². The predicted molar refractivity (Wildman–Crippen MR) is 86.0 cm³/mol. The molecule has 8 heteroatoms. The minimum atomic E-state index is -0.596. The molecule has 1 aliphatic heterocycles. The zero-order chi connectivity index (χ0) is 16.7. The van der Waals surface area contributed by atoms with Gasteiger partial charge in [-0.15, -0.1) is 0 Å². The Balaban J connectivity index is 1.84. The van der Waals surface area contributed by atoms with Crippen molar-refractivity contribution in [3.05, 3.63) is 30.9 Å². The highest BCUT2D eigenvalue weighted by atomic mass is 16.2. The van der Waals surface area contributed by atoms with Gasteiger partial charge in [0.15, 0.2) is 5.82 Å². The van der Waals surface area contributed by atoms with Crippen LogP contribution in [0.25, 0.3) is 16.8 Å². The molecular formula is C16H15N7O. The third-order valence-electron chi connectivity index (χ3n) is 4.24. The summed E-state index contributed by atoms with van der Waals surface area (Å²) in [6, 6.07) is 3.87. The lowest BCUT2D eigenvalue weighted by molar-refractivity contribution is -0.119. The van der Waals surface area contributed by atoms with E-state index in [4.69, 9.17) is 5.26 Å². The van der Waals surface area contributed by atoms with Crippen LogP contribution < -0.4 is 4.90 Å². The third kappa shape index (κ3) is 2.13. The number of rotatable bonds is 3. The van der Waals surface area contributed by atoms with Crippen LogP contribution in [0.3, 0.4) is 0 Å². The zero-order valence-corrected chi connectivity index (χ0v) is 13.1. The van der Waals surface area contributed by atoms with Crippen molar-refractivity contribution in [2.24, 2.45) is 5.92 Å². The molecule has 0 radical (unpaired) electrons. The maximum absolute atomic E-state index is 12.4. The Morgan fingerprint density at radius 2 is 2.25 bits per heavy atom. The van der Waals surface area contributed by atoms with Crippen LogP contribution in [0.4, 0.5) is 5.82 Å². The van der Waals surface area contributed by atoms with Crippen molar-refractivity contribution in [1.82, 2.24) is 24.4 Å². The molecule has 0 aromatic carbocycles. The van der Waals surface area contributed by atoms with Gasteiger partial charge >= 0.3 is 0 Å². The molecule has 24 heavy (non-hydrogen) atoms. The minimum absolute atomic E-state index is 0.200. The molecule has 4 heterocycles. The molecule has 120 valence electrons. The van der Waals surface area contributed by atoms with Gasteiger partial charge in [0.2, 0.25) is 5.91 Å². The van der Waals surface area contributed by atoms with Crippen LogP contribution in [0, 0.1) is 17.2 Å². The lowest BCUT2D eigenvalue weighted by atomic mass is 10.1. The fourth-order valence-corrected chi connectivity index (χ4v) is 2.93. The molecule has 1 saturated heterocycles. The number of aromatic nitrogens is 5. The largest absolute Gasteiger partial charge is 0.294 e. The number of carbonyl (C=O) groups excluding carboxylic acids is 1. The summed E-state index contributed by atoms with van der Waals surface area (Å²) in [4.78, 5) is 18.7. The molecule has 0 saturated carbocycles. The number of amides is 1. The van der Waals surface area contributed by atoms with Gasteiger partial charge in [-0.3, -0.25) is 14.4 Å². The highest BCUT2D eigenvalue weighted by Gasteiger charge is 2.34. The van der Waals surface area contributed by atoms with E-state index in [1.807, 2.05) is 30.1 Å². The van der Waals surface area contributed by atoms with Gasteiger partial charge in [0.25, 0.3) is 0 Å². The Morgan fingerprint density at radius 1 is 1.38 bits per heavy atom. The van der Waals surface area contributed by atoms with Crippen LogP contribution in [-0.4, -0.2) is 36.8 Å². The third-order valence-corrected chi connectivity index (χ3v) is 4.24. The van der Waals surface area contributed by atoms with Crippen LogP contribution in [0.1, 0.15) is 13.3 Å². The van der Waals surface area contributed by atoms with E-state index in [0.29, 0.717) is 24.5 Å². The van der Waals surface area contributed by atoms with Crippen molar-refractivity contribution < 1.29 is 4.79 Å². The number of nitrogens with zero attached hydrogens (tertiary/aromatic N) is 7. The van der Waals surface area contributed by atoms with E-state index in [-0.39, 0.29) is 5.91 Å². The molecule has 1 aliphatic rings. The average molecular weight is 321 g/mol. The van der Waals surface area contributed by atoms with E-state index < -0.39 is 5.92 Å². The molecule has 3 aromatic rings. The fraction of sp³-hybridized carbons (Fsp3) is 0.312. The molecule has 8 nitrogen and oxygen atoms in total. The summed E-state index contributed by atoms with van der Waals surface area (Å²) in [7, 11) is 0. The van der Waals surface area contributed by atoms with Crippen molar-refractivity contribution in [2.45, 2.75) is 19.9 Å². The van der Waals surface area contributed by atoms with Crippen molar-refractivity contribution in [3.8, 4) is 17.3 Å². The van der Waals surface area contributed by atoms with Crippen LogP contribution >= 0.6 is 0 Å². The van der Waals surface area contributed by atoms with Gasteiger partial charge in [0, 0.05) is 24.8 Å². The second-order valence-corrected chi connectivity index (χ2v) is 5.66. The Hall–Kier alpha value is -3.21. The van der Waals surface area contributed by atoms with Gasteiger partial charge < -0.3 is 0 Å². The molecule has 1 amide bonds. The van der Waals surface area contributed by atoms with Crippen molar-refractivity contribution in [2.75, 3.05) is 11.4 Å². The second kappa shape index (κ2) is 5.45. The first-order valence-electron chi connectivity index (χ1n) is 7.79. The highest BCUT2D eigenvalue weighted by molar-refractivity contribution is 6.01. The normalized spacial score (nSPS) is 17.6. The molecular weight excluding hydrogens is 306 g/mol. The van der Waals surface area contributed by atoms with Crippen LogP contribution in [0.5, 0.6) is 0 Å². The van der Waals surface area contributed by atoms with Crippen molar-refractivity contribution in [1.29, 1.82) is 5.26 Å². The van der Waals surface area contributed by atoms with Crippen LogP contribution in [0.15, 0.2) is 30.9 Å². The summed E-state index contributed by atoms with van der Waals surface area (Å²) in [5.41, 5.74) is 2.29. The Labute approximate surface area is 137 Å². The zero-order valence-electron chi connectivity index (χ0n) is 13.1.